The first-order valence-electron chi connectivity index (χ1n) is 6.79. The Morgan fingerprint density at radius 3 is 2.58 bits per heavy atom. The van der Waals surface area contributed by atoms with Gasteiger partial charge in [-0.15, -0.1) is 12.4 Å². The lowest BCUT2D eigenvalue weighted by Crippen LogP contribution is -2.36. The van der Waals surface area contributed by atoms with Crippen LogP contribution in [0.1, 0.15) is 38.2 Å². The number of rotatable bonds is 8. The quantitative estimate of drug-likeness (QED) is 0.771. The molecule has 3 N–H and O–H groups in total. The van der Waals surface area contributed by atoms with Gasteiger partial charge in [0.05, 0.1) is 0 Å². The Morgan fingerprint density at radius 2 is 2.00 bits per heavy atom. The van der Waals surface area contributed by atoms with E-state index >= 15 is 0 Å². The van der Waals surface area contributed by atoms with Gasteiger partial charge in [-0.3, -0.25) is 4.79 Å². The van der Waals surface area contributed by atoms with Crippen LogP contribution in [0, 0.1) is 0 Å². The highest BCUT2D eigenvalue weighted by molar-refractivity contribution is 5.85. The molecular formula is C15H25ClN2O. The molecule has 0 fully saturated rings. The van der Waals surface area contributed by atoms with Gasteiger partial charge in [-0.05, 0) is 31.4 Å². The second kappa shape index (κ2) is 10.8. The molecule has 1 rings (SSSR count). The summed E-state index contributed by atoms with van der Waals surface area (Å²) in [7, 11) is 0. The third-order valence-corrected chi connectivity index (χ3v) is 2.94. The van der Waals surface area contributed by atoms with Gasteiger partial charge >= 0.3 is 0 Å². The van der Waals surface area contributed by atoms with Crippen molar-refractivity contribution in [3.05, 3.63) is 35.9 Å². The number of amides is 1. The van der Waals surface area contributed by atoms with Crippen molar-refractivity contribution >= 4 is 18.3 Å². The van der Waals surface area contributed by atoms with E-state index in [9.17, 15) is 4.79 Å². The monoisotopic (exact) mass is 284 g/mol. The lowest BCUT2D eigenvalue weighted by molar-refractivity contribution is -0.121. The van der Waals surface area contributed by atoms with E-state index in [-0.39, 0.29) is 24.4 Å². The van der Waals surface area contributed by atoms with Crippen molar-refractivity contribution < 1.29 is 4.79 Å². The van der Waals surface area contributed by atoms with Gasteiger partial charge in [0, 0.05) is 12.5 Å². The second-order valence-corrected chi connectivity index (χ2v) is 4.64. The highest BCUT2D eigenvalue weighted by Gasteiger charge is 2.11. The summed E-state index contributed by atoms with van der Waals surface area (Å²) in [5, 5.41) is 3.11. The topological polar surface area (TPSA) is 55.1 Å². The van der Waals surface area contributed by atoms with Crippen molar-refractivity contribution in [3.63, 3.8) is 0 Å². The van der Waals surface area contributed by atoms with Crippen LogP contribution < -0.4 is 11.1 Å². The molecule has 19 heavy (non-hydrogen) atoms. The van der Waals surface area contributed by atoms with Crippen LogP contribution in [0.4, 0.5) is 0 Å². The van der Waals surface area contributed by atoms with Crippen LogP contribution >= 0.6 is 12.4 Å². The van der Waals surface area contributed by atoms with Crippen molar-refractivity contribution in [1.82, 2.24) is 5.32 Å². The Balaban J connectivity index is 0.00000324. The Morgan fingerprint density at radius 1 is 1.32 bits per heavy atom. The first-order chi connectivity index (χ1) is 8.76. The van der Waals surface area contributed by atoms with Gasteiger partial charge in [0.15, 0.2) is 0 Å². The van der Waals surface area contributed by atoms with Crippen molar-refractivity contribution in [3.8, 4) is 0 Å². The fraction of sp³-hybridized carbons (Fsp3) is 0.533. The highest BCUT2D eigenvalue weighted by Crippen LogP contribution is 2.08. The summed E-state index contributed by atoms with van der Waals surface area (Å²) in [6.45, 7) is 2.72. The van der Waals surface area contributed by atoms with Crippen LogP contribution in [0.2, 0.25) is 0 Å². The van der Waals surface area contributed by atoms with Crippen LogP contribution in [0.15, 0.2) is 30.3 Å². The molecule has 0 saturated heterocycles. The first kappa shape index (κ1) is 17.9. The van der Waals surface area contributed by atoms with Crippen molar-refractivity contribution in [2.75, 3.05) is 6.54 Å². The van der Waals surface area contributed by atoms with Gasteiger partial charge in [0.2, 0.25) is 5.91 Å². The van der Waals surface area contributed by atoms with Crippen LogP contribution in [0.3, 0.4) is 0 Å². The molecule has 1 aromatic rings. The predicted molar refractivity (Wildman–Crippen MR) is 82.5 cm³/mol. The highest BCUT2D eigenvalue weighted by atomic mass is 35.5. The summed E-state index contributed by atoms with van der Waals surface area (Å²) < 4.78 is 0. The van der Waals surface area contributed by atoms with Gasteiger partial charge in [0.1, 0.15) is 0 Å². The van der Waals surface area contributed by atoms with Gasteiger partial charge in [-0.25, -0.2) is 0 Å². The molecule has 1 aromatic carbocycles. The molecule has 0 bridgehead atoms. The third-order valence-electron chi connectivity index (χ3n) is 2.94. The number of carbonyl (C=O) groups is 1. The summed E-state index contributed by atoms with van der Waals surface area (Å²) in [4.78, 5) is 11.7. The van der Waals surface area contributed by atoms with Gasteiger partial charge in [-0.2, -0.15) is 0 Å². The number of nitrogens with one attached hydrogen (secondary N) is 1. The lowest BCUT2D eigenvalue weighted by atomic mass is 10.0. The molecule has 0 aromatic heterocycles. The van der Waals surface area contributed by atoms with E-state index in [1.165, 1.54) is 5.56 Å². The molecule has 0 spiro atoms. The predicted octanol–water partition coefficient (Wildman–Crippen LogP) is 2.67. The molecule has 3 nitrogen and oxygen atoms in total. The van der Waals surface area contributed by atoms with E-state index in [2.05, 4.69) is 24.4 Å². The molecule has 1 atom stereocenters. The molecule has 4 heteroatoms. The standard InChI is InChI=1S/C15H24N2O.ClH/c1-2-7-14(17-15(18)10-6-11-16)12-13-8-4-3-5-9-13;/h3-5,8-9,14H,2,6-7,10-12,16H2,1H3,(H,17,18);1H. The summed E-state index contributed by atoms with van der Waals surface area (Å²) >= 11 is 0. The fourth-order valence-corrected chi connectivity index (χ4v) is 2.03. The summed E-state index contributed by atoms with van der Waals surface area (Å²) in [6, 6.07) is 10.5. The van der Waals surface area contributed by atoms with Gasteiger partial charge in [-0.1, -0.05) is 43.7 Å². The van der Waals surface area contributed by atoms with Crippen LogP contribution in [-0.2, 0) is 11.2 Å². The molecule has 0 aliphatic carbocycles. The second-order valence-electron chi connectivity index (χ2n) is 4.64. The third kappa shape index (κ3) is 7.85. The van der Waals surface area contributed by atoms with E-state index in [0.29, 0.717) is 13.0 Å². The molecule has 108 valence electrons. The maximum Gasteiger partial charge on any atom is 0.220 e. The number of carbonyl (C=O) groups excluding carboxylic acids is 1. The van der Waals surface area contributed by atoms with Crippen LogP contribution in [-0.4, -0.2) is 18.5 Å². The van der Waals surface area contributed by atoms with E-state index in [1.54, 1.807) is 0 Å². The molecule has 1 amide bonds. The number of benzene rings is 1. The molecule has 0 saturated carbocycles. The van der Waals surface area contributed by atoms with Crippen molar-refractivity contribution in [2.45, 2.75) is 45.1 Å². The zero-order valence-corrected chi connectivity index (χ0v) is 12.4. The Labute approximate surface area is 122 Å². The molecule has 1 unspecified atom stereocenters. The molecule has 0 heterocycles. The largest absolute Gasteiger partial charge is 0.353 e. The van der Waals surface area contributed by atoms with E-state index < -0.39 is 0 Å². The number of halogens is 1. The fourth-order valence-electron chi connectivity index (χ4n) is 2.03. The minimum atomic E-state index is 0. The van der Waals surface area contributed by atoms with E-state index in [0.717, 1.165) is 25.7 Å². The van der Waals surface area contributed by atoms with Gasteiger partial charge in [0.25, 0.3) is 0 Å². The summed E-state index contributed by atoms with van der Waals surface area (Å²) in [6.07, 6.45) is 4.29. The Hall–Kier alpha value is -1.06. The number of hydrogen-bond donors (Lipinski definition) is 2. The van der Waals surface area contributed by atoms with Crippen molar-refractivity contribution in [1.29, 1.82) is 0 Å². The first-order valence-corrected chi connectivity index (χ1v) is 6.79. The molecule has 0 aliphatic heterocycles. The zero-order valence-electron chi connectivity index (χ0n) is 11.6. The van der Waals surface area contributed by atoms with Crippen LogP contribution in [0.25, 0.3) is 0 Å². The average molecular weight is 285 g/mol. The maximum absolute atomic E-state index is 11.7. The van der Waals surface area contributed by atoms with Crippen LogP contribution in [0.5, 0.6) is 0 Å². The molecule has 0 aliphatic rings. The van der Waals surface area contributed by atoms with Gasteiger partial charge < -0.3 is 11.1 Å². The summed E-state index contributed by atoms with van der Waals surface area (Å²) in [5.41, 5.74) is 6.68. The number of nitrogens with two attached hydrogens (primary N) is 1. The minimum Gasteiger partial charge on any atom is -0.353 e. The number of hydrogen-bond acceptors (Lipinski definition) is 2. The maximum atomic E-state index is 11.7. The SMILES string of the molecule is CCCC(Cc1ccccc1)NC(=O)CCCN.Cl. The summed E-state index contributed by atoms with van der Waals surface area (Å²) in [5.74, 6) is 0.120. The van der Waals surface area contributed by atoms with E-state index in [1.807, 2.05) is 18.2 Å². The minimum absolute atomic E-state index is 0. The lowest BCUT2D eigenvalue weighted by Gasteiger charge is -2.18. The Kier molecular flexibility index (Phi) is 10.2. The normalized spacial score (nSPS) is 11.5. The van der Waals surface area contributed by atoms with Crippen molar-refractivity contribution in [2.24, 2.45) is 5.73 Å². The molecule has 0 radical (unpaired) electrons. The van der Waals surface area contributed by atoms with E-state index in [4.69, 9.17) is 5.73 Å². The smallest absolute Gasteiger partial charge is 0.220 e. The average Bonchev–Trinajstić information content (AvgIpc) is 2.38. The Bertz CT molecular complexity index is 343. The zero-order chi connectivity index (χ0) is 13.2. The molecular weight excluding hydrogens is 260 g/mol.